The zero-order valence-corrected chi connectivity index (χ0v) is 14.7. The Balaban J connectivity index is 1.47. The molecule has 23 heavy (non-hydrogen) atoms. The van der Waals surface area contributed by atoms with Gasteiger partial charge in [-0.15, -0.1) is 0 Å². The predicted molar refractivity (Wildman–Crippen MR) is 99.2 cm³/mol. The molecule has 0 radical (unpaired) electrons. The van der Waals surface area contributed by atoms with E-state index in [2.05, 4.69) is 42.9 Å². The van der Waals surface area contributed by atoms with Crippen molar-refractivity contribution in [1.29, 1.82) is 5.26 Å². The molecule has 2 nitrogen and oxygen atoms in total. The molecule has 0 aliphatic carbocycles. The van der Waals surface area contributed by atoms with Crippen LogP contribution in [0.2, 0.25) is 12.6 Å². The maximum absolute atomic E-state index is 9.02. The van der Waals surface area contributed by atoms with E-state index in [1.807, 2.05) is 0 Å². The summed E-state index contributed by atoms with van der Waals surface area (Å²) >= 11 is 0. The van der Waals surface area contributed by atoms with Crippen LogP contribution in [0.3, 0.4) is 0 Å². The fraction of sp³-hybridized carbons (Fsp3) is 0.650. The summed E-state index contributed by atoms with van der Waals surface area (Å²) in [5.74, 6) is 4.24. The van der Waals surface area contributed by atoms with Gasteiger partial charge in [-0.2, -0.15) is 0 Å². The monoisotopic (exact) mass is 308 g/mol. The van der Waals surface area contributed by atoms with E-state index in [1.165, 1.54) is 62.0 Å². The van der Waals surface area contributed by atoms with E-state index in [0.717, 1.165) is 24.5 Å². The summed E-state index contributed by atoms with van der Waals surface area (Å²) in [7, 11) is 0. The van der Waals surface area contributed by atoms with Gasteiger partial charge in [0.1, 0.15) is 0 Å². The molecule has 3 rings (SSSR count). The van der Waals surface area contributed by atoms with Gasteiger partial charge < -0.3 is 4.90 Å². The SMILES string of the molecule is Cc1ccc(N2CCC(CC3CCB(C#N)CC3)CC2)cc1C. The summed E-state index contributed by atoms with van der Waals surface area (Å²) in [6.07, 6.45) is 8.94. The normalized spacial score (nSPS) is 20.6. The zero-order chi connectivity index (χ0) is 16.2. The fourth-order valence-electron chi connectivity index (χ4n) is 4.35. The molecule has 0 aromatic heterocycles. The maximum Gasteiger partial charge on any atom is 0.267 e. The molecule has 0 amide bonds. The third-order valence-electron chi connectivity index (χ3n) is 6.17. The van der Waals surface area contributed by atoms with Crippen LogP contribution >= 0.6 is 0 Å². The molecule has 0 saturated carbocycles. The van der Waals surface area contributed by atoms with Crippen molar-refractivity contribution in [2.24, 2.45) is 11.8 Å². The Labute approximate surface area is 142 Å². The summed E-state index contributed by atoms with van der Waals surface area (Å²) in [4.78, 5) is 2.57. The minimum atomic E-state index is 0.345. The van der Waals surface area contributed by atoms with Crippen LogP contribution in [-0.2, 0) is 0 Å². The van der Waals surface area contributed by atoms with Gasteiger partial charge in [-0.25, -0.2) is 5.26 Å². The maximum atomic E-state index is 9.02. The van der Waals surface area contributed by atoms with Crippen molar-refractivity contribution >= 4 is 12.4 Å². The molecule has 2 saturated heterocycles. The summed E-state index contributed by atoms with van der Waals surface area (Å²) in [5, 5.41) is 9.02. The highest BCUT2D eigenvalue weighted by molar-refractivity contribution is 6.67. The first-order chi connectivity index (χ1) is 11.2. The zero-order valence-electron chi connectivity index (χ0n) is 14.7. The summed E-state index contributed by atoms with van der Waals surface area (Å²) in [5.41, 5.74) is 4.19. The smallest absolute Gasteiger partial charge is 0.267 e. The van der Waals surface area contributed by atoms with Crippen LogP contribution in [-0.4, -0.2) is 19.8 Å². The third-order valence-corrected chi connectivity index (χ3v) is 6.17. The lowest BCUT2D eigenvalue weighted by atomic mass is 9.41. The molecule has 0 atom stereocenters. The third kappa shape index (κ3) is 4.11. The predicted octanol–water partition coefficient (Wildman–Crippen LogP) is 4.88. The fourth-order valence-corrected chi connectivity index (χ4v) is 4.35. The molecule has 0 spiro atoms. The first kappa shape index (κ1) is 16.4. The highest BCUT2D eigenvalue weighted by atomic mass is 15.1. The van der Waals surface area contributed by atoms with Crippen molar-refractivity contribution in [3.05, 3.63) is 29.3 Å². The molecule has 2 aliphatic rings. The average molecular weight is 308 g/mol. The number of nitrogens with zero attached hydrogens (tertiary/aromatic N) is 2. The van der Waals surface area contributed by atoms with Gasteiger partial charge in [0, 0.05) is 24.7 Å². The van der Waals surface area contributed by atoms with E-state index in [4.69, 9.17) is 5.26 Å². The second-order valence-corrected chi connectivity index (χ2v) is 7.78. The van der Waals surface area contributed by atoms with Gasteiger partial charge in [0.25, 0.3) is 6.71 Å². The van der Waals surface area contributed by atoms with Crippen molar-refractivity contribution < 1.29 is 0 Å². The number of piperidine rings is 1. The van der Waals surface area contributed by atoms with Crippen LogP contribution in [0, 0.1) is 36.9 Å². The minimum Gasteiger partial charge on any atom is -0.372 e. The summed E-state index contributed by atoms with van der Waals surface area (Å²) in [6.45, 7) is 7.16. The van der Waals surface area contributed by atoms with Gasteiger partial charge in [0.15, 0.2) is 0 Å². The Kier molecular flexibility index (Phi) is 5.31. The van der Waals surface area contributed by atoms with Crippen LogP contribution in [0.1, 0.15) is 43.2 Å². The van der Waals surface area contributed by atoms with E-state index in [9.17, 15) is 0 Å². The molecule has 0 N–H and O–H groups in total. The Hall–Kier alpha value is -1.43. The standard InChI is InChI=1S/C20H29BN2/c1-16-3-4-20(13-17(16)2)23-11-7-19(8-12-23)14-18-5-9-21(15-22)10-6-18/h3-4,13,18-19H,5-12,14H2,1-2H3. The Morgan fingerprint density at radius 2 is 1.70 bits per heavy atom. The van der Waals surface area contributed by atoms with Gasteiger partial charge in [0.2, 0.25) is 0 Å². The number of hydrogen-bond acceptors (Lipinski definition) is 2. The number of benzene rings is 1. The van der Waals surface area contributed by atoms with Crippen LogP contribution in [0.15, 0.2) is 18.2 Å². The lowest BCUT2D eigenvalue weighted by molar-refractivity contribution is 0.299. The van der Waals surface area contributed by atoms with Gasteiger partial charge in [-0.1, -0.05) is 31.5 Å². The van der Waals surface area contributed by atoms with E-state index in [0.29, 0.717) is 6.71 Å². The number of aryl methyl sites for hydroxylation is 2. The van der Waals surface area contributed by atoms with Crippen LogP contribution in [0.4, 0.5) is 5.69 Å². The molecule has 122 valence electrons. The molecule has 1 aromatic rings. The molecule has 1 aromatic carbocycles. The first-order valence-corrected chi connectivity index (χ1v) is 9.37. The van der Waals surface area contributed by atoms with E-state index in [-0.39, 0.29) is 0 Å². The second kappa shape index (κ2) is 7.43. The molecular formula is C20H29BN2. The van der Waals surface area contributed by atoms with Gasteiger partial charge >= 0.3 is 0 Å². The molecule has 2 heterocycles. The van der Waals surface area contributed by atoms with Crippen molar-refractivity contribution in [3.8, 4) is 5.97 Å². The van der Waals surface area contributed by atoms with Gasteiger partial charge in [0.05, 0.1) is 0 Å². The molecule has 0 unspecified atom stereocenters. The molecule has 3 heteroatoms. The van der Waals surface area contributed by atoms with Crippen LogP contribution in [0.5, 0.6) is 0 Å². The highest BCUT2D eigenvalue weighted by Crippen LogP contribution is 2.34. The topological polar surface area (TPSA) is 27.0 Å². The number of hydrogen-bond donors (Lipinski definition) is 0. The lowest BCUT2D eigenvalue weighted by Crippen LogP contribution is -2.34. The van der Waals surface area contributed by atoms with E-state index >= 15 is 0 Å². The Morgan fingerprint density at radius 3 is 2.30 bits per heavy atom. The van der Waals surface area contributed by atoms with Crippen molar-refractivity contribution in [2.75, 3.05) is 18.0 Å². The Bertz CT molecular complexity index is 561. The van der Waals surface area contributed by atoms with Gasteiger partial charge in [-0.05, 0) is 68.2 Å². The molecule has 2 aliphatic heterocycles. The van der Waals surface area contributed by atoms with Crippen LogP contribution in [0.25, 0.3) is 0 Å². The Morgan fingerprint density at radius 1 is 1.04 bits per heavy atom. The minimum absolute atomic E-state index is 0.345. The largest absolute Gasteiger partial charge is 0.372 e. The van der Waals surface area contributed by atoms with E-state index in [1.54, 1.807) is 0 Å². The lowest BCUT2D eigenvalue weighted by Gasteiger charge is -2.36. The second-order valence-electron chi connectivity index (χ2n) is 7.78. The first-order valence-electron chi connectivity index (χ1n) is 9.37. The molecule has 2 fully saturated rings. The highest BCUT2D eigenvalue weighted by Gasteiger charge is 2.27. The number of nitriles is 1. The quantitative estimate of drug-likeness (QED) is 0.744. The molecular weight excluding hydrogens is 279 g/mol. The number of rotatable bonds is 3. The van der Waals surface area contributed by atoms with Gasteiger partial charge in [-0.3, -0.25) is 0 Å². The van der Waals surface area contributed by atoms with Crippen molar-refractivity contribution in [2.45, 2.75) is 58.6 Å². The number of anilines is 1. The summed E-state index contributed by atoms with van der Waals surface area (Å²) in [6, 6.07) is 6.88. The average Bonchev–Trinajstić information content (AvgIpc) is 2.59. The molecule has 0 bridgehead atoms. The van der Waals surface area contributed by atoms with E-state index < -0.39 is 0 Å². The van der Waals surface area contributed by atoms with Crippen LogP contribution < -0.4 is 4.90 Å². The van der Waals surface area contributed by atoms with Crippen molar-refractivity contribution in [1.82, 2.24) is 0 Å². The van der Waals surface area contributed by atoms with Crippen molar-refractivity contribution in [3.63, 3.8) is 0 Å². The summed E-state index contributed by atoms with van der Waals surface area (Å²) < 4.78 is 0.